The molecule has 1 saturated heterocycles. The van der Waals surface area contributed by atoms with E-state index in [4.69, 9.17) is 9.84 Å². The molecule has 17 heavy (non-hydrogen) atoms. The summed E-state index contributed by atoms with van der Waals surface area (Å²) in [6.07, 6.45) is 0.111. The molecule has 1 fully saturated rings. The van der Waals surface area contributed by atoms with Crippen molar-refractivity contribution in [3.05, 3.63) is 12.3 Å². The average molecular weight is 244 g/mol. The molecule has 7 heteroatoms. The summed E-state index contributed by atoms with van der Waals surface area (Å²) >= 11 is 0. The summed E-state index contributed by atoms with van der Waals surface area (Å²) in [5.41, 5.74) is 0. The summed E-state index contributed by atoms with van der Waals surface area (Å²) < 4.78 is 5.36. The monoisotopic (exact) mass is 244 g/mol. The number of urea groups is 1. The van der Waals surface area contributed by atoms with Gasteiger partial charge in [-0.15, -0.1) is 0 Å². The number of hydrogen-bond donors (Lipinski definition) is 3. The molecule has 0 aromatic carbocycles. The maximum atomic E-state index is 11.8. The molecule has 96 valence electrons. The second-order valence-electron chi connectivity index (χ2n) is 4.17. The molecule has 0 aliphatic carbocycles. The van der Waals surface area contributed by atoms with Crippen LogP contribution in [0.15, 0.2) is 12.3 Å². The molecule has 0 saturated carbocycles. The SMILES string of the molecule is CN1C(=O)N([C@H]2C[C@H](O)[C@@H](CO)O2)C=CC1O. The van der Waals surface area contributed by atoms with E-state index in [0.29, 0.717) is 0 Å². The zero-order valence-electron chi connectivity index (χ0n) is 9.43. The van der Waals surface area contributed by atoms with Gasteiger partial charge in [-0.2, -0.15) is 0 Å². The van der Waals surface area contributed by atoms with Gasteiger partial charge in [-0.3, -0.25) is 9.80 Å². The van der Waals surface area contributed by atoms with Crippen molar-refractivity contribution >= 4 is 6.03 Å². The Balaban J connectivity index is 2.09. The number of amides is 2. The van der Waals surface area contributed by atoms with Crippen molar-refractivity contribution in [3.8, 4) is 0 Å². The highest BCUT2D eigenvalue weighted by Crippen LogP contribution is 2.26. The van der Waals surface area contributed by atoms with Crippen LogP contribution in [0.25, 0.3) is 0 Å². The van der Waals surface area contributed by atoms with Gasteiger partial charge in [-0.05, 0) is 6.08 Å². The highest BCUT2D eigenvalue weighted by atomic mass is 16.5. The van der Waals surface area contributed by atoms with E-state index in [1.807, 2.05) is 0 Å². The number of carbonyl (C=O) groups is 1. The first kappa shape index (κ1) is 12.3. The van der Waals surface area contributed by atoms with Crippen molar-refractivity contribution in [2.24, 2.45) is 0 Å². The molecule has 1 unspecified atom stereocenters. The number of ether oxygens (including phenoxy) is 1. The Hall–Kier alpha value is -1.15. The predicted octanol–water partition coefficient (Wildman–Crippen LogP) is -1.35. The molecule has 3 N–H and O–H groups in total. The third kappa shape index (κ3) is 2.14. The van der Waals surface area contributed by atoms with Crippen LogP contribution in [0.2, 0.25) is 0 Å². The normalized spacial score (nSPS) is 38.0. The van der Waals surface area contributed by atoms with Gasteiger partial charge in [-0.1, -0.05) is 0 Å². The highest BCUT2D eigenvalue weighted by Gasteiger charge is 2.40. The lowest BCUT2D eigenvalue weighted by Crippen LogP contribution is -2.50. The van der Waals surface area contributed by atoms with E-state index in [1.165, 1.54) is 24.2 Å². The molecular formula is C10H16N2O5. The van der Waals surface area contributed by atoms with Gasteiger partial charge < -0.3 is 20.1 Å². The number of aliphatic hydroxyl groups excluding tert-OH is 3. The van der Waals surface area contributed by atoms with Crippen molar-refractivity contribution in [1.82, 2.24) is 9.80 Å². The van der Waals surface area contributed by atoms with E-state index in [0.717, 1.165) is 4.90 Å². The molecule has 4 atom stereocenters. The first-order valence-corrected chi connectivity index (χ1v) is 5.40. The Morgan fingerprint density at radius 3 is 2.82 bits per heavy atom. The van der Waals surface area contributed by atoms with Crippen molar-refractivity contribution < 1.29 is 24.9 Å². The van der Waals surface area contributed by atoms with E-state index in [2.05, 4.69) is 0 Å². The third-order valence-corrected chi connectivity index (χ3v) is 3.03. The average Bonchev–Trinajstić information content (AvgIpc) is 2.67. The van der Waals surface area contributed by atoms with Crippen LogP contribution in [-0.4, -0.2) is 69.5 Å². The van der Waals surface area contributed by atoms with Gasteiger partial charge in [0.25, 0.3) is 0 Å². The summed E-state index contributed by atoms with van der Waals surface area (Å²) in [5.74, 6) is 0. The number of likely N-dealkylation sites (N-methyl/N-ethyl adjacent to an activating group) is 1. The van der Waals surface area contributed by atoms with Crippen LogP contribution >= 0.6 is 0 Å². The van der Waals surface area contributed by atoms with Gasteiger partial charge in [0.15, 0.2) is 6.23 Å². The van der Waals surface area contributed by atoms with Crippen LogP contribution in [-0.2, 0) is 4.74 Å². The van der Waals surface area contributed by atoms with E-state index >= 15 is 0 Å². The fourth-order valence-electron chi connectivity index (χ4n) is 1.93. The second-order valence-corrected chi connectivity index (χ2v) is 4.17. The summed E-state index contributed by atoms with van der Waals surface area (Å²) in [6.45, 7) is -0.290. The molecule has 2 heterocycles. The molecule has 7 nitrogen and oxygen atoms in total. The molecular weight excluding hydrogens is 228 g/mol. The molecule has 0 radical (unpaired) electrons. The Morgan fingerprint density at radius 1 is 1.53 bits per heavy atom. The highest BCUT2D eigenvalue weighted by molar-refractivity contribution is 5.77. The fraction of sp³-hybridized carbons (Fsp3) is 0.700. The summed E-state index contributed by atoms with van der Waals surface area (Å²) in [7, 11) is 1.47. The zero-order chi connectivity index (χ0) is 12.6. The van der Waals surface area contributed by atoms with E-state index in [9.17, 15) is 15.0 Å². The fourth-order valence-corrected chi connectivity index (χ4v) is 1.93. The zero-order valence-corrected chi connectivity index (χ0v) is 9.43. The quantitative estimate of drug-likeness (QED) is 0.558. The number of aliphatic hydroxyl groups is 3. The first-order valence-electron chi connectivity index (χ1n) is 5.40. The Kier molecular flexibility index (Phi) is 3.34. The Labute approximate surface area is 98.5 Å². The van der Waals surface area contributed by atoms with Gasteiger partial charge in [0.05, 0.1) is 12.7 Å². The minimum atomic E-state index is -0.946. The van der Waals surface area contributed by atoms with Crippen LogP contribution < -0.4 is 0 Å². The molecule has 0 spiro atoms. The maximum absolute atomic E-state index is 11.8. The van der Waals surface area contributed by atoms with Gasteiger partial charge in [0.2, 0.25) is 0 Å². The molecule has 0 aromatic heterocycles. The maximum Gasteiger partial charge on any atom is 0.328 e. The lowest BCUT2D eigenvalue weighted by molar-refractivity contribution is -0.0622. The standard InChI is InChI=1S/C10H16N2O5/c1-11-8(15)2-3-12(10(11)16)9-4-6(14)7(5-13)17-9/h2-3,6-9,13-15H,4-5H2,1H3/t6-,7+,8?,9+/m0/s1. The third-order valence-electron chi connectivity index (χ3n) is 3.03. The van der Waals surface area contributed by atoms with Crippen LogP contribution in [0, 0.1) is 0 Å². The minimum absolute atomic E-state index is 0.241. The van der Waals surface area contributed by atoms with Crippen LogP contribution in [0.3, 0.4) is 0 Å². The van der Waals surface area contributed by atoms with E-state index in [-0.39, 0.29) is 13.0 Å². The molecule has 2 aliphatic heterocycles. The number of rotatable bonds is 2. The van der Waals surface area contributed by atoms with Crippen molar-refractivity contribution in [3.63, 3.8) is 0 Å². The number of nitrogens with zero attached hydrogens (tertiary/aromatic N) is 2. The summed E-state index contributed by atoms with van der Waals surface area (Å²) in [6, 6.07) is -0.407. The first-order chi connectivity index (χ1) is 8.04. The van der Waals surface area contributed by atoms with Gasteiger partial charge in [0, 0.05) is 19.7 Å². The Bertz CT molecular complexity index is 335. The van der Waals surface area contributed by atoms with E-state index in [1.54, 1.807) is 0 Å². The molecule has 2 amide bonds. The largest absolute Gasteiger partial charge is 0.394 e. The molecule has 2 aliphatic rings. The van der Waals surface area contributed by atoms with Gasteiger partial charge in [-0.25, -0.2) is 4.79 Å². The number of hydrogen-bond acceptors (Lipinski definition) is 5. The summed E-state index contributed by atoms with van der Waals surface area (Å²) in [5, 5.41) is 28.0. The Morgan fingerprint density at radius 2 is 2.24 bits per heavy atom. The summed E-state index contributed by atoms with van der Waals surface area (Å²) in [4.78, 5) is 14.3. The van der Waals surface area contributed by atoms with Crippen LogP contribution in [0.4, 0.5) is 4.79 Å². The van der Waals surface area contributed by atoms with Gasteiger partial charge >= 0.3 is 6.03 Å². The van der Waals surface area contributed by atoms with E-state index < -0.39 is 30.7 Å². The predicted molar refractivity (Wildman–Crippen MR) is 56.5 cm³/mol. The van der Waals surface area contributed by atoms with Crippen LogP contribution in [0.5, 0.6) is 0 Å². The lowest BCUT2D eigenvalue weighted by Gasteiger charge is -2.34. The molecule has 0 aromatic rings. The second kappa shape index (κ2) is 4.61. The topological polar surface area (TPSA) is 93.5 Å². The van der Waals surface area contributed by atoms with Crippen molar-refractivity contribution in [2.75, 3.05) is 13.7 Å². The van der Waals surface area contributed by atoms with Crippen molar-refractivity contribution in [1.29, 1.82) is 0 Å². The smallest absolute Gasteiger partial charge is 0.328 e. The van der Waals surface area contributed by atoms with Crippen molar-refractivity contribution in [2.45, 2.75) is 31.1 Å². The van der Waals surface area contributed by atoms with Crippen LogP contribution in [0.1, 0.15) is 6.42 Å². The lowest BCUT2D eigenvalue weighted by atomic mass is 10.2. The van der Waals surface area contributed by atoms with Gasteiger partial charge in [0.1, 0.15) is 12.3 Å². The minimum Gasteiger partial charge on any atom is -0.394 e. The molecule has 2 rings (SSSR count). The molecule has 0 bridgehead atoms. The number of carbonyl (C=O) groups excluding carboxylic acids is 1.